The Kier molecular flexibility index (Phi) is 16.0. The first-order valence-electron chi connectivity index (χ1n) is 10.5. The van der Waals surface area contributed by atoms with E-state index in [1.54, 1.807) is 21.3 Å². The molecule has 5 nitrogen and oxygen atoms in total. The molecule has 0 radical (unpaired) electrons. The third-order valence-electron chi connectivity index (χ3n) is 5.04. The van der Waals surface area contributed by atoms with Gasteiger partial charge < -0.3 is 18.1 Å². The number of unbranched alkanes of at least 4 members (excludes halogenated alkanes) is 8. The van der Waals surface area contributed by atoms with Crippen LogP contribution in [0.25, 0.3) is 0 Å². The van der Waals surface area contributed by atoms with Crippen molar-refractivity contribution in [3.8, 4) is 0 Å². The van der Waals surface area contributed by atoms with Crippen LogP contribution < -0.4 is 5.48 Å². The van der Waals surface area contributed by atoms with Crippen LogP contribution in [0.2, 0.25) is 6.04 Å². The van der Waals surface area contributed by atoms with Gasteiger partial charge in [-0.25, -0.2) is 5.48 Å². The first kappa shape index (κ1) is 26.0. The van der Waals surface area contributed by atoms with Gasteiger partial charge >= 0.3 is 8.80 Å². The van der Waals surface area contributed by atoms with Crippen LogP contribution in [-0.4, -0.2) is 43.3 Å². The summed E-state index contributed by atoms with van der Waals surface area (Å²) in [5.74, 6) is 0. The summed E-state index contributed by atoms with van der Waals surface area (Å²) in [6, 6.07) is 0.809. The van der Waals surface area contributed by atoms with Crippen LogP contribution in [0.3, 0.4) is 0 Å². The molecule has 0 unspecified atom stereocenters. The zero-order valence-corrected chi connectivity index (χ0v) is 19.3. The maximum Gasteiger partial charge on any atom is 0.500 e. The van der Waals surface area contributed by atoms with Gasteiger partial charge in [0.1, 0.15) is 0 Å². The average molecular weight is 392 g/mol. The summed E-state index contributed by atoms with van der Waals surface area (Å²) in [6.45, 7) is 8.32. The summed E-state index contributed by atoms with van der Waals surface area (Å²) in [7, 11) is 2.52. The van der Waals surface area contributed by atoms with Gasteiger partial charge in [-0.05, 0) is 18.3 Å². The van der Waals surface area contributed by atoms with E-state index < -0.39 is 8.80 Å². The summed E-state index contributed by atoms with van der Waals surface area (Å²) in [5.41, 5.74) is 3.24. The van der Waals surface area contributed by atoms with Crippen molar-refractivity contribution in [3.63, 3.8) is 0 Å². The highest BCUT2D eigenvalue weighted by Crippen LogP contribution is 2.27. The topological polar surface area (TPSA) is 49.0 Å². The molecule has 0 aromatic heterocycles. The standard InChI is InChI=1S/C20H45NO4Si/c1-7-8-9-10-11-12-13-14-15-17-25-21-19-20(2,3)16-18-26(22-4,23-5)24-6/h21H,7-19H2,1-6H3. The molecule has 0 amide bonds. The largest absolute Gasteiger partial charge is 0.500 e. The van der Waals surface area contributed by atoms with Crippen molar-refractivity contribution < 1.29 is 18.1 Å². The fourth-order valence-electron chi connectivity index (χ4n) is 2.94. The molecular weight excluding hydrogens is 346 g/mol. The lowest BCUT2D eigenvalue weighted by Crippen LogP contribution is -2.44. The highest BCUT2D eigenvalue weighted by molar-refractivity contribution is 6.60. The lowest BCUT2D eigenvalue weighted by atomic mass is 9.91. The molecule has 0 aliphatic rings. The van der Waals surface area contributed by atoms with Crippen LogP contribution in [0.5, 0.6) is 0 Å². The molecule has 158 valence electrons. The Hall–Kier alpha value is 0.0169. The second kappa shape index (κ2) is 16.0. The predicted molar refractivity (Wildman–Crippen MR) is 111 cm³/mol. The average Bonchev–Trinajstić information content (AvgIpc) is 2.64. The monoisotopic (exact) mass is 391 g/mol. The van der Waals surface area contributed by atoms with Crippen LogP contribution in [0.4, 0.5) is 0 Å². The minimum absolute atomic E-state index is 0.104. The Morgan fingerprint density at radius 3 is 1.77 bits per heavy atom. The summed E-state index contributed by atoms with van der Waals surface area (Å²) in [6.07, 6.45) is 13.0. The Balaban J connectivity index is 3.61. The summed E-state index contributed by atoms with van der Waals surface area (Å²) in [5, 5.41) is 0. The van der Waals surface area contributed by atoms with Crippen molar-refractivity contribution >= 4 is 8.80 Å². The second-order valence-corrected chi connectivity index (χ2v) is 11.0. The zero-order chi connectivity index (χ0) is 19.7. The SMILES string of the molecule is CCCCCCCCCCCONCC(C)(C)CC[Si](OC)(OC)OC. The molecule has 0 rings (SSSR count). The third-order valence-corrected chi connectivity index (χ3v) is 7.77. The molecule has 0 fully saturated rings. The third kappa shape index (κ3) is 13.2. The van der Waals surface area contributed by atoms with E-state index in [0.717, 1.165) is 32.0 Å². The van der Waals surface area contributed by atoms with E-state index >= 15 is 0 Å². The lowest BCUT2D eigenvalue weighted by Gasteiger charge is -2.30. The number of hydroxylamine groups is 1. The Morgan fingerprint density at radius 2 is 1.27 bits per heavy atom. The van der Waals surface area contributed by atoms with Crippen molar-refractivity contribution in [2.24, 2.45) is 5.41 Å². The molecule has 0 aromatic carbocycles. The minimum Gasteiger partial charge on any atom is -0.377 e. The highest BCUT2D eigenvalue weighted by Gasteiger charge is 2.39. The van der Waals surface area contributed by atoms with E-state index in [-0.39, 0.29) is 5.41 Å². The molecule has 0 bridgehead atoms. The van der Waals surface area contributed by atoms with Gasteiger partial charge in [-0.15, -0.1) is 0 Å². The summed E-state index contributed by atoms with van der Waals surface area (Å²) < 4.78 is 16.5. The van der Waals surface area contributed by atoms with Crippen molar-refractivity contribution in [2.45, 2.75) is 91.0 Å². The van der Waals surface area contributed by atoms with E-state index in [4.69, 9.17) is 18.1 Å². The number of hydrogen-bond acceptors (Lipinski definition) is 5. The quantitative estimate of drug-likeness (QED) is 0.183. The number of nitrogens with one attached hydrogen (secondary N) is 1. The first-order valence-corrected chi connectivity index (χ1v) is 12.4. The van der Waals surface area contributed by atoms with E-state index in [2.05, 4.69) is 26.3 Å². The van der Waals surface area contributed by atoms with Crippen LogP contribution in [0.1, 0.15) is 85.0 Å². The van der Waals surface area contributed by atoms with Crippen molar-refractivity contribution in [1.29, 1.82) is 0 Å². The van der Waals surface area contributed by atoms with Gasteiger partial charge in [0.05, 0.1) is 6.61 Å². The number of hydrogen-bond donors (Lipinski definition) is 1. The maximum atomic E-state index is 5.61. The molecule has 26 heavy (non-hydrogen) atoms. The molecule has 0 spiro atoms. The second-order valence-electron chi connectivity index (χ2n) is 7.96. The fourth-order valence-corrected chi connectivity index (χ4v) is 5.03. The normalized spacial score (nSPS) is 12.7. The van der Waals surface area contributed by atoms with Gasteiger partial charge in [0, 0.05) is 33.9 Å². The molecular formula is C20H45NO4Si. The van der Waals surface area contributed by atoms with E-state index in [9.17, 15) is 0 Å². The summed E-state index contributed by atoms with van der Waals surface area (Å²) >= 11 is 0. The molecule has 0 aliphatic carbocycles. The van der Waals surface area contributed by atoms with Crippen LogP contribution in [0, 0.1) is 5.41 Å². The highest BCUT2D eigenvalue weighted by atomic mass is 28.4. The van der Waals surface area contributed by atoms with Gasteiger partial charge in [0.25, 0.3) is 0 Å². The van der Waals surface area contributed by atoms with Crippen LogP contribution >= 0.6 is 0 Å². The molecule has 1 N–H and O–H groups in total. The zero-order valence-electron chi connectivity index (χ0n) is 18.3. The van der Waals surface area contributed by atoms with Gasteiger partial charge in [-0.1, -0.05) is 72.1 Å². The van der Waals surface area contributed by atoms with Crippen LogP contribution in [-0.2, 0) is 18.1 Å². The number of rotatable bonds is 19. The fraction of sp³-hybridized carbons (Fsp3) is 1.00. The Bertz CT molecular complexity index is 304. The van der Waals surface area contributed by atoms with Gasteiger partial charge in [0.15, 0.2) is 0 Å². The van der Waals surface area contributed by atoms with Gasteiger partial charge in [-0.2, -0.15) is 0 Å². The molecule has 0 aromatic rings. The smallest absolute Gasteiger partial charge is 0.377 e. The summed E-state index contributed by atoms with van der Waals surface area (Å²) in [4.78, 5) is 5.61. The predicted octanol–water partition coefficient (Wildman–Crippen LogP) is 5.33. The Morgan fingerprint density at radius 1 is 0.769 bits per heavy atom. The Labute approximate surface area is 163 Å². The van der Waals surface area contributed by atoms with Crippen molar-refractivity contribution in [3.05, 3.63) is 0 Å². The molecule has 0 heterocycles. The molecule has 6 heteroatoms. The van der Waals surface area contributed by atoms with Crippen molar-refractivity contribution in [2.75, 3.05) is 34.5 Å². The van der Waals surface area contributed by atoms with Crippen LogP contribution in [0.15, 0.2) is 0 Å². The van der Waals surface area contributed by atoms with Crippen molar-refractivity contribution in [1.82, 2.24) is 5.48 Å². The molecule has 0 atom stereocenters. The first-order chi connectivity index (χ1) is 12.4. The molecule has 0 aliphatic heterocycles. The van der Waals surface area contributed by atoms with Gasteiger partial charge in [-0.3, -0.25) is 0 Å². The van der Waals surface area contributed by atoms with E-state index in [0.29, 0.717) is 0 Å². The van der Waals surface area contributed by atoms with E-state index in [1.165, 1.54) is 51.4 Å². The lowest BCUT2D eigenvalue weighted by molar-refractivity contribution is 0.0172. The van der Waals surface area contributed by atoms with E-state index in [1.807, 2.05) is 0 Å². The maximum absolute atomic E-state index is 5.61. The molecule has 0 saturated carbocycles. The minimum atomic E-state index is -2.48. The van der Waals surface area contributed by atoms with Gasteiger partial charge in [0.2, 0.25) is 0 Å². The molecule has 0 saturated heterocycles.